The van der Waals surface area contributed by atoms with E-state index >= 15 is 0 Å². The van der Waals surface area contributed by atoms with Gasteiger partial charge in [0, 0.05) is 35.3 Å². The van der Waals surface area contributed by atoms with Gasteiger partial charge in [-0.3, -0.25) is 9.78 Å². The topological polar surface area (TPSA) is 59.8 Å². The number of nitrogens with one attached hydrogen (secondary N) is 1. The summed E-state index contributed by atoms with van der Waals surface area (Å²) >= 11 is 6.01. The summed E-state index contributed by atoms with van der Waals surface area (Å²) in [4.78, 5) is 17.1. The molecule has 0 amide bonds. The molecule has 0 saturated heterocycles. The smallest absolute Gasteiger partial charge is 0.296 e. The third kappa shape index (κ3) is 3.08. The van der Waals surface area contributed by atoms with Gasteiger partial charge >= 0.3 is 0 Å². The van der Waals surface area contributed by atoms with Crippen LogP contribution in [-0.4, -0.2) is 33.8 Å². The molecule has 0 spiro atoms. The molecule has 0 radical (unpaired) electrons. The molecular weight excluding hydrogens is 336 g/mol. The number of carbonyl (C=O) groups is 1. The minimum absolute atomic E-state index is 0.195. The van der Waals surface area contributed by atoms with Gasteiger partial charge in [-0.1, -0.05) is 29.8 Å². The molecule has 0 bridgehead atoms. The van der Waals surface area contributed by atoms with Crippen LogP contribution in [0, 0.1) is 0 Å². The highest BCUT2D eigenvalue weighted by Gasteiger charge is 2.24. The number of hydrogen-bond donors (Lipinski definition) is 1. The molecule has 3 heterocycles. The number of aromatic nitrogens is 3. The van der Waals surface area contributed by atoms with E-state index < -0.39 is 0 Å². The van der Waals surface area contributed by atoms with Crippen LogP contribution in [0.1, 0.15) is 21.7 Å². The largest absolute Gasteiger partial charge is 0.316 e. The molecule has 0 aliphatic carbocycles. The van der Waals surface area contributed by atoms with Crippen molar-refractivity contribution in [2.24, 2.45) is 0 Å². The molecule has 0 saturated carbocycles. The molecule has 1 aliphatic rings. The minimum atomic E-state index is -0.195. The summed E-state index contributed by atoms with van der Waals surface area (Å²) in [5.74, 6) is -0.195. The summed E-state index contributed by atoms with van der Waals surface area (Å²) in [5.41, 5.74) is 4.30. The van der Waals surface area contributed by atoms with Crippen LogP contribution in [0.25, 0.3) is 11.3 Å². The zero-order valence-corrected chi connectivity index (χ0v) is 14.3. The molecule has 5 nitrogen and oxygen atoms in total. The highest BCUT2D eigenvalue weighted by molar-refractivity contribution is 6.30. The summed E-state index contributed by atoms with van der Waals surface area (Å²) in [5, 5.41) is 8.73. The van der Waals surface area contributed by atoms with Gasteiger partial charge in [0.25, 0.3) is 5.91 Å². The summed E-state index contributed by atoms with van der Waals surface area (Å²) in [6.45, 7) is 1.70. The Morgan fingerprint density at radius 3 is 2.64 bits per heavy atom. The average molecular weight is 353 g/mol. The molecule has 25 heavy (non-hydrogen) atoms. The van der Waals surface area contributed by atoms with Crippen LogP contribution in [0.15, 0.2) is 48.7 Å². The third-order valence-electron chi connectivity index (χ3n) is 4.37. The Morgan fingerprint density at radius 2 is 1.88 bits per heavy atom. The quantitative estimate of drug-likeness (QED) is 0.770. The molecule has 1 aliphatic heterocycles. The second kappa shape index (κ2) is 6.78. The van der Waals surface area contributed by atoms with Gasteiger partial charge in [0.05, 0.1) is 11.4 Å². The summed E-state index contributed by atoms with van der Waals surface area (Å²) in [6, 6.07) is 12.9. The van der Waals surface area contributed by atoms with Crippen LogP contribution in [0.2, 0.25) is 5.02 Å². The molecule has 0 atom stereocenters. The number of fused-ring (bicyclic) bond motifs is 1. The second-order valence-electron chi connectivity index (χ2n) is 5.96. The number of carbonyl (C=O) groups excluding carboxylic acids is 1. The number of halogens is 1. The molecule has 6 heteroatoms. The Labute approximate surface area is 150 Å². The molecular formula is C19H17ClN4O. The zero-order chi connectivity index (χ0) is 17.2. The summed E-state index contributed by atoms with van der Waals surface area (Å²) in [7, 11) is 0. The van der Waals surface area contributed by atoms with Gasteiger partial charge in [0.1, 0.15) is 5.69 Å². The maximum Gasteiger partial charge on any atom is 0.296 e. The first kappa shape index (κ1) is 16.0. The van der Waals surface area contributed by atoms with E-state index in [1.807, 2.05) is 30.3 Å². The molecule has 2 aromatic heterocycles. The highest BCUT2D eigenvalue weighted by atomic mass is 35.5. The summed E-state index contributed by atoms with van der Waals surface area (Å²) < 4.78 is 1.52. The van der Waals surface area contributed by atoms with Crippen molar-refractivity contribution in [1.82, 2.24) is 20.1 Å². The van der Waals surface area contributed by atoms with Crippen molar-refractivity contribution in [3.63, 3.8) is 0 Å². The molecule has 3 aromatic rings. The molecule has 126 valence electrons. The van der Waals surface area contributed by atoms with Crippen molar-refractivity contribution in [1.29, 1.82) is 0 Å². The number of rotatable bonds is 2. The van der Waals surface area contributed by atoms with Gasteiger partial charge in [-0.05, 0) is 37.2 Å². The standard InChI is InChI=1S/C19H17ClN4O/c20-14-6-4-13(5-7-14)18-15-8-11-21-12-9-17(15)24(23-18)19(25)16-3-1-2-10-22-16/h1-7,10,21H,8-9,11-12H2. The normalized spacial score (nSPS) is 14.0. The second-order valence-corrected chi connectivity index (χ2v) is 6.40. The lowest BCUT2D eigenvalue weighted by Crippen LogP contribution is -2.21. The summed E-state index contributed by atoms with van der Waals surface area (Å²) in [6.07, 6.45) is 3.22. The van der Waals surface area contributed by atoms with Crippen LogP contribution in [0.5, 0.6) is 0 Å². The Hall–Kier alpha value is -2.50. The van der Waals surface area contributed by atoms with Gasteiger partial charge < -0.3 is 5.32 Å². The SMILES string of the molecule is O=C(c1ccccn1)n1nc(-c2ccc(Cl)cc2)c2c1CCNCC2. The predicted octanol–water partition coefficient (Wildman–Crippen LogP) is 2.98. The van der Waals surface area contributed by atoms with Crippen LogP contribution in [0.4, 0.5) is 0 Å². The molecule has 4 rings (SSSR count). The molecule has 0 unspecified atom stereocenters. The van der Waals surface area contributed by atoms with Crippen LogP contribution in [-0.2, 0) is 12.8 Å². The Kier molecular flexibility index (Phi) is 4.34. The van der Waals surface area contributed by atoms with Crippen molar-refractivity contribution in [2.75, 3.05) is 13.1 Å². The van der Waals surface area contributed by atoms with E-state index in [1.54, 1.807) is 18.3 Å². The number of nitrogens with zero attached hydrogens (tertiary/aromatic N) is 3. The first-order chi connectivity index (χ1) is 12.2. The predicted molar refractivity (Wildman–Crippen MR) is 96.9 cm³/mol. The van der Waals surface area contributed by atoms with Crippen molar-refractivity contribution in [3.8, 4) is 11.3 Å². The fourth-order valence-electron chi connectivity index (χ4n) is 3.16. The van der Waals surface area contributed by atoms with Crippen LogP contribution >= 0.6 is 11.6 Å². The lowest BCUT2D eigenvalue weighted by Gasteiger charge is -2.05. The van der Waals surface area contributed by atoms with Crippen molar-refractivity contribution in [2.45, 2.75) is 12.8 Å². The molecule has 1 N–H and O–H groups in total. The first-order valence-corrected chi connectivity index (χ1v) is 8.65. The Morgan fingerprint density at radius 1 is 1.08 bits per heavy atom. The maximum atomic E-state index is 12.9. The van der Waals surface area contributed by atoms with E-state index in [2.05, 4.69) is 15.4 Å². The Bertz CT molecular complexity index is 903. The van der Waals surface area contributed by atoms with Crippen molar-refractivity contribution in [3.05, 3.63) is 70.6 Å². The minimum Gasteiger partial charge on any atom is -0.316 e. The first-order valence-electron chi connectivity index (χ1n) is 8.27. The van der Waals surface area contributed by atoms with Gasteiger partial charge in [-0.25, -0.2) is 0 Å². The molecule has 1 aromatic carbocycles. The fraction of sp³-hybridized carbons (Fsp3) is 0.211. The number of hydrogen-bond acceptors (Lipinski definition) is 4. The van der Waals surface area contributed by atoms with Gasteiger partial charge in [0.2, 0.25) is 0 Å². The average Bonchev–Trinajstić information content (AvgIpc) is 2.84. The third-order valence-corrected chi connectivity index (χ3v) is 4.63. The van der Waals surface area contributed by atoms with E-state index in [4.69, 9.17) is 11.6 Å². The van der Waals surface area contributed by atoms with E-state index in [9.17, 15) is 4.79 Å². The zero-order valence-electron chi connectivity index (χ0n) is 13.6. The number of pyridine rings is 1. The monoisotopic (exact) mass is 352 g/mol. The lowest BCUT2D eigenvalue weighted by molar-refractivity contribution is 0.0937. The van der Waals surface area contributed by atoms with Gasteiger partial charge in [-0.2, -0.15) is 9.78 Å². The van der Waals surface area contributed by atoms with Crippen LogP contribution < -0.4 is 5.32 Å². The van der Waals surface area contributed by atoms with E-state index in [0.717, 1.165) is 48.4 Å². The number of benzene rings is 1. The van der Waals surface area contributed by atoms with Crippen molar-refractivity contribution < 1.29 is 4.79 Å². The van der Waals surface area contributed by atoms with Gasteiger partial charge in [-0.15, -0.1) is 0 Å². The maximum absolute atomic E-state index is 12.9. The van der Waals surface area contributed by atoms with E-state index in [1.165, 1.54) is 4.68 Å². The fourth-order valence-corrected chi connectivity index (χ4v) is 3.28. The molecule has 0 fully saturated rings. The Balaban J connectivity index is 1.85. The van der Waals surface area contributed by atoms with E-state index in [0.29, 0.717) is 10.7 Å². The van der Waals surface area contributed by atoms with Gasteiger partial charge in [0.15, 0.2) is 0 Å². The highest BCUT2D eigenvalue weighted by Crippen LogP contribution is 2.28. The van der Waals surface area contributed by atoms with Crippen LogP contribution in [0.3, 0.4) is 0 Å². The lowest BCUT2D eigenvalue weighted by atomic mass is 10.0. The van der Waals surface area contributed by atoms with Crippen molar-refractivity contribution >= 4 is 17.5 Å². The van der Waals surface area contributed by atoms with E-state index in [-0.39, 0.29) is 5.91 Å².